The lowest BCUT2D eigenvalue weighted by Gasteiger charge is -2.05. The zero-order valence-electron chi connectivity index (χ0n) is 6.57. The van der Waals surface area contributed by atoms with E-state index in [1.165, 1.54) is 0 Å². The molecule has 1 aliphatic rings. The average Bonchev–Trinajstić information content (AvgIpc) is 2.37. The van der Waals surface area contributed by atoms with Gasteiger partial charge in [0.1, 0.15) is 0 Å². The Balaban J connectivity index is 2.56. The third-order valence-electron chi connectivity index (χ3n) is 1.90. The molecule has 2 heterocycles. The smallest absolute Gasteiger partial charge is 0.169 e. The number of nitrogens with zero attached hydrogens (tertiary/aromatic N) is 2. The Morgan fingerprint density at radius 3 is 2.91 bits per heavy atom. The van der Waals surface area contributed by atoms with Gasteiger partial charge in [0.05, 0.1) is 11.4 Å². The molecule has 1 aromatic heterocycles. The molecule has 1 N–H and O–H groups in total. The molecular weight excluding hydrogens is 140 g/mol. The van der Waals surface area contributed by atoms with Crippen LogP contribution in [0.2, 0.25) is 0 Å². The summed E-state index contributed by atoms with van der Waals surface area (Å²) in [5.41, 5.74) is 2.89. The minimum atomic E-state index is -0.543. The summed E-state index contributed by atoms with van der Waals surface area (Å²) in [4.78, 5) is 0. The molecule has 0 bridgehead atoms. The molecule has 1 atom stereocenters. The first-order valence-electron chi connectivity index (χ1n) is 3.61. The molecule has 0 saturated carbocycles. The van der Waals surface area contributed by atoms with Crippen LogP contribution in [0.1, 0.15) is 24.5 Å². The molecule has 0 radical (unpaired) electrons. The first-order valence-corrected chi connectivity index (χ1v) is 3.61. The van der Waals surface area contributed by atoms with Gasteiger partial charge in [-0.1, -0.05) is 0 Å². The third kappa shape index (κ3) is 0.811. The van der Waals surface area contributed by atoms with Crippen molar-refractivity contribution in [2.45, 2.75) is 20.1 Å². The Bertz CT molecular complexity index is 325. The van der Waals surface area contributed by atoms with Crippen LogP contribution in [-0.4, -0.2) is 14.9 Å². The summed E-state index contributed by atoms with van der Waals surface area (Å²) >= 11 is 0. The van der Waals surface area contributed by atoms with Crippen LogP contribution in [0.4, 0.5) is 0 Å². The molecule has 1 aliphatic heterocycles. The van der Waals surface area contributed by atoms with Gasteiger partial charge in [-0.2, -0.15) is 5.10 Å². The lowest BCUT2D eigenvalue weighted by atomic mass is 10.2. The van der Waals surface area contributed by atoms with E-state index in [2.05, 4.69) is 5.10 Å². The lowest BCUT2D eigenvalue weighted by Crippen LogP contribution is -2.07. The Morgan fingerprint density at radius 1 is 1.55 bits per heavy atom. The SMILES string of the molecule is CC1=Cc2cc(C)nn2C1O. The van der Waals surface area contributed by atoms with Gasteiger partial charge < -0.3 is 5.11 Å². The lowest BCUT2D eigenvalue weighted by molar-refractivity contribution is 0.133. The van der Waals surface area contributed by atoms with Crippen molar-refractivity contribution in [1.29, 1.82) is 0 Å². The van der Waals surface area contributed by atoms with E-state index in [9.17, 15) is 5.11 Å². The van der Waals surface area contributed by atoms with Crippen LogP contribution in [0.15, 0.2) is 11.6 Å². The number of fused-ring (bicyclic) bond motifs is 1. The van der Waals surface area contributed by atoms with E-state index < -0.39 is 6.23 Å². The van der Waals surface area contributed by atoms with E-state index in [4.69, 9.17) is 0 Å². The summed E-state index contributed by atoms with van der Waals surface area (Å²) in [7, 11) is 0. The number of hydrogen-bond donors (Lipinski definition) is 1. The number of aliphatic hydroxyl groups is 1. The maximum atomic E-state index is 9.50. The van der Waals surface area contributed by atoms with Gasteiger partial charge in [-0.25, -0.2) is 4.68 Å². The molecule has 0 spiro atoms. The van der Waals surface area contributed by atoms with Gasteiger partial charge in [0, 0.05) is 0 Å². The fourth-order valence-corrected chi connectivity index (χ4v) is 1.34. The topological polar surface area (TPSA) is 38.0 Å². The first-order chi connectivity index (χ1) is 5.18. The predicted molar refractivity (Wildman–Crippen MR) is 41.9 cm³/mol. The molecule has 58 valence electrons. The van der Waals surface area contributed by atoms with Crippen LogP contribution < -0.4 is 0 Å². The second-order valence-corrected chi connectivity index (χ2v) is 2.92. The number of aliphatic hydroxyl groups excluding tert-OH is 1. The summed E-state index contributed by atoms with van der Waals surface area (Å²) in [5, 5.41) is 13.6. The van der Waals surface area contributed by atoms with Crippen molar-refractivity contribution in [1.82, 2.24) is 9.78 Å². The number of aryl methyl sites for hydroxylation is 1. The molecule has 11 heavy (non-hydrogen) atoms. The highest BCUT2D eigenvalue weighted by Crippen LogP contribution is 2.26. The summed E-state index contributed by atoms with van der Waals surface area (Å²) < 4.78 is 1.63. The van der Waals surface area contributed by atoms with E-state index in [1.807, 2.05) is 26.0 Å². The Hall–Kier alpha value is -1.09. The van der Waals surface area contributed by atoms with Crippen molar-refractivity contribution in [2.24, 2.45) is 0 Å². The van der Waals surface area contributed by atoms with Gasteiger partial charge in [-0.15, -0.1) is 0 Å². The van der Waals surface area contributed by atoms with Crippen LogP contribution in [0, 0.1) is 6.92 Å². The Morgan fingerprint density at radius 2 is 2.27 bits per heavy atom. The zero-order valence-corrected chi connectivity index (χ0v) is 6.57. The van der Waals surface area contributed by atoms with Crippen molar-refractivity contribution >= 4 is 6.08 Å². The monoisotopic (exact) mass is 150 g/mol. The van der Waals surface area contributed by atoms with Gasteiger partial charge >= 0.3 is 0 Å². The van der Waals surface area contributed by atoms with E-state index in [1.54, 1.807) is 4.68 Å². The highest BCUT2D eigenvalue weighted by atomic mass is 16.3. The van der Waals surface area contributed by atoms with Crippen LogP contribution in [0.3, 0.4) is 0 Å². The fourth-order valence-electron chi connectivity index (χ4n) is 1.34. The Labute approximate surface area is 65.0 Å². The van der Waals surface area contributed by atoms with Crippen molar-refractivity contribution in [3.8, 4) is 0 Å². The van der Waals surface area contributed by atoms with Crippen LogP contribution in [0.5, 0.6) is 0 Å². The maximum Gasteiger partial charge on any atom is 0.169 e. The van der Waals surface area contributed by atoms with Crippen molar-refractivity contribution in [3.63, 3.8) is 0 Å². The van der Waals surface area contributed by atoms with E-state index >= 15 is 0 Å². The van der Waals surface area contributed by atoms with Crippen LogP contribution >= 0.6 is 0 Å². The quantitative estimate of drug-likeness (QED) is 0.601. The minimum Gasteiger partial charge on any atom is -0.368 e. The van der Waals surface area contributed by atoms with Crippen molar-refractivity contribution in [2.75, 3.05) is 0 Å². The van der Waals surface area contributed by atoms with Gasteiger partial charge in [-0.3, -0.25) is 0 Å². The summed E-state index contributed by atoms with van der Waals surface area (Å²) in [6.07, 6.45) is 1.41. The highest BCUT2D eigenvalue weighted by Gasteiger charge is 2.19. The molecule has 0 aliphatic carbocycles. The number of hydrogen-bond acceptors (Lipinski definition) is 2. The molecule has 2 rings (SSSR count). The predicted octanol–water partition coefficient (Wildman–Crippen LogP) is 1.10. The summed E-state index contributed by atoms with van der Waals surface area (Å²) in [5.74, 6) is 0. The molecular formula is C8H10N2O. The van der Waals surface area contributed by atoms with Gasteiger partial charge in [0.25, 0.3) is 0 Å². The van der Waals surface area contributed by atoms with Gasteiger partial charge in [0.15, 0.2) is 6.23 Å². The van der Waals surface area contributed by atoms with Crippen molar-refractivity contribution in [3.05, 3.63) is 23.0 Å². The summed E-state index contributed by atoms with van der Waals surface area (Å²) in [6.45, 7) is 3.82. The maximum absolute atomic E-state index is 9.50. The fraction of sp³-hybridized carbons (Fsp3) is 0.375. The van der Waals surface area contributed by atoms with Crippen molar-refractivity contribution < 1.29 is 5.11 Å². The van der Waals surface area contributed by atoms with Gasteiger partial charge in [-0.05, 0) is 31.6 Å². The van der Waals surface area contributed by atoms with Crippen LogP contribution in [0.25, 0.3) is 6.08 Å². The van der Waals surface area contributed by atoms with E-state index in [0.717, 1.165) is 17.0 Å². The molecule has 1 aromatic rings. The molecule has 0 saturated heterocycles. The second kappa shape index (κ2) is 1.95. The van der Waals surface area contributed by atoms with Gasteiger partial charge in [0.2, 0.25) is 0 Å². The number of rotatable bonds is 0. The zero-order chi connectivity index (χ0) is 8.01. The molecule has 0 fully saturated rings. The second-order valence-electron chi connectivity index (χ2n) is 2.92. The van der Waals surface area contributed by atoms with Crippen LogP contribution in [-0.2, 0) is 0 Å². The highest BCUT2D eigenvalue weighted by molar-refractivity contribution is 5.54. The minimum absolute atomic E-state index is 0.543. The molecule has 1 unspecified atom stereocenters. The summed E-state index contributed by atoms with van der Waals surface area (Å²) in [6, 6.07) is 1.96. The van der Waals surface area contributed by atoms with E-state index in [-0.39, 0.29) is 0 Å². The molecule has 3 nitrogen and oxygen atoms in total. The largest absolute Gasteiger partial charge is 0.368 e. The van der Waals surface area contributed by atoms with E-state index in [0.29, 0.717) is 0 Å². The third-order valence-corrected chi connectivity index (χ3v) is 1.90. The normalized spacial score (nSPS) is 21.7. The average molecular weight is 150 g/mol. The molecule has 0 aromatic carbocycles. The molecule has 3 heteroatoms. The standard InChI is InChI=1S/C8H10N2O/c1-5-3-7-4-6(2)9-10(7)8(5)11/h3-4,8,11H,1-2H3. The Kier molecular flexibility index (Phi) is 1.17. The first kappa shape index (κ1) is 6.61. The molecule has 0 amide bonds. The number of aromatic nitrogens is 2.